The molecule has 0 aliphatic heterocycles. The minimum atomic E-state index is 0.609. The quantitative estimate of drug-likeness (QED) is 0.779. The molecule has 21 heavy (non-hydrogen) atoms. The van der Waals surface area contributed by atoms with Crippen LogP contribution in [0.5, 0.6) is 0 Å². The second-order valence-corrected chi connectivity index (χ2v) is 5.62. The van der Waals surface area contributed by atoms with E-state index in [1.54, 1.807) is 12.4 Å². The third kappa shape index (κ3) is 3.25. The summed E-state index contributed by atoms with van der Waals surface area (Å²) in [7, 11) is 0. The number of thiazole rings is 1. The first kappa shape index (κ1) is 13.7. The summed E-state index contributed by atoms with van der Waals surface area (Å²) in [6, 6.07) is 1.89. The van der Waals surface area contributed by atoms with Gasteiger partial charge in [0.1, 0.15) is 0 Å². The van der Waals surface area contributed by atoms with Crippen LogP contribution in [0.25, 0.3) is 11.4 Å². The SMILES string of the molecule is Cc1cnccc1-c1noc(CCCc2csc(N)n2)n1. The molecule has 3 aromatic rings. The maximum atomic E-state index is 5.60. The third-order valence-electron chi connectivity index (χ3n) is 3.12. The summed E-state index contributed by atoms with van der Waals surface area (Å²) in [6.45, 7) is 1.98. The van der Waals surface area contributed by atoms with Gasteiger partial charge in [0.15, 0.2) is 5.13 Å². The van der Waals surface area contributed by atoms with Crippen LogP contribution in [0.15, 0.2) is 28.4 Å². The van der Waals surface area contributed by atoms with Crippen LogP contribution < -0.4 is 5.73 Å². The average Bonchev–Trinajstić information content (AvgIpc) is 3.09. The number of nitrogens with two attached hydrogens (primary N) is 1. The van der Waals surface area contributed by atoms with Gasteiger partial charge in [0, 0.05) is 29.8 Å². The minimum absolute atomic E-state index is 0.609. The van der Waals surface area contributed by atoms with Gasteiger partial charge in [0.2, 0.25) is 11.7 Å². The molecule has 0 atom stereocenters. The van der Waals surface area contributed by atoms with Crippen LogP contribution >= 0.6 is 11.3 Å². The fraction of sp³-hybridized carbons (Fsp3) is 0.286. The van der Waals surface area contributed by atoms with E-state index >= 15 is 0 Å². The number of hydrogen-bond acceptors (Lipinski definition) is 7. The highest BCUT2D eigenvalue weighted by Gasteiger charge is 2.10. The first-order chi connectivity index (χ1) is 10.2. The lowest BCUT2D eigenvalue weighted by Crippen LogP contribution is -1.92. The van der Waals surface area contributed by atoms with Gasteiger partial charge >= 0.3 is 0 Å². The Kier molecular flexibility index (Phi) is 3.92. The van der Waals surface area contributed by atoms with Gasteiger partial charge in [-0.3, -0.25) is 4.98 Å². The number of nitrogen functional groups attached to an aromatic ring is 1. The molecule has 3 aromatic heterocycles. The molecule has 0 amide bonds. The van der Waals surface area contributed by atoms with Gasteiger partial charge < -0.3 is 10.3 Å². The van der Waals surface area contributed by atoms with Gasteiger partial charge in [-0.1, -0.05) is 5.16 Å². The van der Waals surface area contributed by atoms with Crippen molar-refractivity contribution in [1.82, 2.24) is 20.1 Å². The molecule has 3 rings (SSSR count). The molecule has 2 N–H and O–H groups in total. The lowest BCUT2D eigenvalue weighted by molar-refractivity contribution is 0.376. The monoisotopic (exact) mass is 301 g/mol. The van der Waals surface area contributed by atoms with Crippen molar-refractivity contribution in [1.29, 1.82) is 0 Å². The Morgan fingerprint density at radius 1 is 1.29 bits per heavy atom. The number of anilines is 1. The van der Waals surface area contributed by atoms with Gasteiger partial charge in [-0.05, 0) is 31.4 Å². The molecule has 108 valence electrons. The van der Waals surface area contributed by atoms with Gasteiger partial charge in [-0.2, -0.15) is 4.98 Å². The molecule has 0 aliphatic rings. The van der Waals surface area contributed by atoms with E-state index in [4.69, 9.17) is 10.3 Å². The Hall–Kier alpha value is -2.28. The van der Waals surface area contributed by atoms with E-state index in [1.807, 2.05) is 18.4 Å². The second kappa shape index (κ2) is 6.01. The van der Waals surface area contributed by atoms with Crippen molar-refractivity contribution in [2.24, 2.45) is 0 Å². The smallest absolute Gasteiger partial charge is 0.226 e. The number of pyridine rings is 1. The van der Waals surface area contributed by atoms with Crippen molar-refractivity contribution in [3.63, 3.8) is 0 Å². The van der Waals surface area contributed by atoms with Crippen LogP contribution in [0.2, 0.25) is 0 Å². The van der Waals surface area contributed by atoms with Gasteiger partial charge in [0.25, 0.3) is 0 Å². The predicted molar refractivity (Wildman–Crippen MR) is 80.8 cm³/mol. The topological polar surface area (TPSA) is 90.7 Å². The minimum Gasteiger partial charge on any atom is -0.375 e. The van der Waals surface area contributed by atoms with Crippen LogP contribution in [0.3, 0.4) is 0 Å². The molecule has 6 nitrogen and oxygen atoms in total. The molecule has 7 heteroatoms. The first-order valence-electron chi connectivity index (χ1n) is 6.66. The Balaban J connectivity index is 1.62. The zero-order valence-corrected chi connectivity index (χ0v) is 12.4. The summed E-state index contributed by atoms with van der Waals surface area (Å²) >= 11 is 1.46. The number of nitrogens with zero attached hydrogens (tertiary/aromatic N) is 4. The summed E-state index contributed by atoms with van der Waals surface area (Å²) in [5.74, 6) is 1.26. The second-order valence-electron chi connectivity index (χ2n) is 4.73. The largest absolute Gasteiger partial charge is 0.375 e. The van der Waals surface area contributed by atoms with E-state index in [9.17, 15) is 0 Å². The zero-order valence-electron chi connectivity index (χ0n) is 11.6. The van der Waals surface area contributed by atoms with E-state index in [-0.39, 0.29) is 0 Å². The lowest BCUT2D eigenvalue weighted by atomic mass is 10.1. The summed E-state index contributed by atoms with van der Waals surface area (Å²) in [5.41, 5.74) is 8.60. The first-order valence-corrected chi connectivity index (χ1v) is 7.54. The van der Waals surface area contributed by atoms with Crippen molar-refractivity contribution in [3.05, 3.63) is 41.0 Å². The molecular weight excluding hydrogens is 286 g/mol. The van der Waals surface area contributed by atoms with Gasteiger partial charge in [-0.15, -0.1) is 11.3 Å². The van der Waals surface area contributed by atoms with Crippen molar-refractivity contribution in [2.75, 3.05) is 5.73 Å². The van der Waals surface area contributed by atoms with Crippen LogP contribution in [0.4, 0.5) is 5.13 Å². The molecule has 0 fully saturated rings. The van der Waals surface area contributed by atoms with E-state index in [1.165, 1.54) is 11.3 Å². The number of rotatable bonds is 5. The Morgan fingerprint density at radius 3 is 2.95 bits per heavy atom. The fourth-order valence-electron chi connectivity index (χ4n) is 2.05. The molecular formula is C14H15N5OS. The Morgan fingerprint density at radius 2 is 2.19 bits per heavy atom. The highest BCUT2D eigenvalue weighted by Crippen LogP contribution is 2.19. The zero-order chi connectivity index (χ0) is 14.7. The van der Waals surface area contributed by atoms with Gasteiger partial charge in [-0.25, -0.2) is 4.98 Å². The summed E-state index contributed by atoms with van der Waals surface area (Å²) < 4.78 is 5.29. The highest BCUT2D eigenvalue weighted by molar-refractivity contribution is 7.13. The molecule has 0 spiro atoms. The van der Waals surface area contributed by atoms with E-state index in [0.717, 1.165) is 36.1 Å². The molecule has 3 heterocycles. The molecule has 0 bridgehead atoms. The lowest BCUT2D eigenvalue weighted by Gasteiger charge is -1.97. The van der Waals surface area contributed by atoms with E-state index < -0.39 is 0 Å². The molecule has 0 aliphatic carbocycles. The Bertz CT molecular complexity index is 736. The molecule has 0 radical (unpaired) electrons. The average molecular weight is 301 g/mol. The third-order valence-corrected chi connectivity index (χ3v) is 3.85. The molecule has 0 unspecified atom stereocenters. The van der Waals surface area contributed by atoms with Crippen molar-refractivity contribution >= 4 is 16.5 Å². The fourth-order valence-corrected chi connectivity index (χ4v) is 2.65. The number of aryl methyl sites for hydroxylation is 3. The highest BCUT2D eigenvalue weighted by atomic mass is 32.1. The van der Waals surface area contributed by atoms with Crippen molar-refractivity contribution in [3.8, 4) is 11.4 Å². The Labute approximate surface area is 126 Å². The maximum Gasteiger partial charge on any atom is 0.226 e. The summed E-state index contributed by atoms with van der Waals surface area (Å²) in [6.07, 6.45) is 6.01. The summed E-state index contributed by atoms with van der Waals surface area (Å²) in [4.78, 5) is 12.7. The van der Waals surface area contributed by atoms with Gasteiger partial charge in [0.05, 0.1) is 5.69 Å². The predicted octanol–water partition coefficient (Wildman–Crippen LogP) is 2.65. The van der Waals surface area contributed by atoms with Crippen molar-refractivity contribution in [2.45, 2.75) is 26.2 Å². The molecule has 0 saturated carbocycles. The number of aromatic nitrogens is 4. The van der Waals surface area contributed by atoms with Crippen LogP contribution in [0, 0.1) is 6.92 Å². The summed E-state index contributed by atoms with van der Waals surface area (Å²) in [5, 5.41) is 6.62. The van der Waals surface area contributed by atoms with Crippen LogP contribution in [-0.4, -0.2) is 20.1 Å². The molecule has 0 aromatic carbocycles. The van der Waals surface area contributed by atoms with Crippen molar-refractivity contribution < 1.29 is 4.52 Å². The van der Waals surface area contributed by atoms with E-state index in [2.05, 4.69) is 20.1 Å². The normalized spacial score (nSPS) is 10.9. The molecule has 0 saturated heterocycles. The maximum absolute atomic E-state index is 5.60. The van der Waals surface area contributed by atoms with Crippen LogP contribution in [-0.2, 0) is 12.8 Å². The van der Waals surface area contributed by atoms with Crippen LogP contribution in [0.1, 0.15) is 23.6 Å². The van der Waals surface area contributed by atoms with E-state index in [0.29, 0.717) is 16.8 Å². The number of hydrogen-bond donors (Lipinski definition) is 1. The standard InChI is InChI=1S/C14H15N5OS/c1-9-7-16-6-5-11(9)13-18-12(20-19-13)4-2-3-10-8-21-14(15)17-10/h5-8H,2-4H2,1H3,(H2,15,17).